The van der Waals surface area contributed by atoms with Crippen molar-refractivity contribution in [3.8, 4) is 0 Å². The summed E-state index contributed by atoms with van der Waals surface area (Å²) in [5.74, 6) is 0.232. The second-order valence-corrected chi connectivity index (χ2v) is 9.40. The second-order valence-electron chi connectivity index (χ2n) is 9.40. The summed E-state index contributed by atoms with van der Waals surface area (Å²) < 4.78 is 7.44. The third-order valence-corrected chi connectivity index (χ3v) is 7.16. The first kappa shape index (κ1) is 23.4. The van der Waals surface area contributed by atoms with Crippen molar-refractivity contribution in [2.75, 3.05) is 24.7 Å². The number of anilines is 1. The van der Waals surface area contributed by atoms with E-state index in [9.17, 15) is 9.59 Å². The minimum absolute atomic E-state index is 0.0826. The Bertz CT molecular complexity index is 1150. The second kappa shape index (κ2) is 9.64. The van der Waals surface area contributed by atoms with Gasteiger partial charge in [0, 0.05) is 56.6 Å². The summed E-state index contributed by atoms with van der Waals surface area (Å²) in [6.45, 7) is 10.6. The number of carbonyl (C=O) groups excluding carboxylic acids is 2. The molecule has 2 aliphatic rings. The van der Waals surface area contributed by atoms with Crippen molar-refractivity contribution < 1.29 is 14.3 Å². The molecule has 6 heteroatoms. The number of ketones is 2. The van der Waals surface area contributed by atoms with Crippen LogP contribution in [0.1, 0.15) is 68.8 Å². The van der Waals surface area contributed by atoms with Gasteiger partial charge in [0.05, 0.1) is 17.4 Å². The molecule has 0 unspecified atom stereocenters. The number of hydrogen-bond acceptors (Lipinski definition) is 5. The Morgan fingerprint density at radius 2 is 1.97 bits per heavy atom. The fourth-order valence-electron chi connectivity index (χ4n) is 5.43. The van der Waals surface area contributed by atoms with E-state index in [1.165, 1.54) is 0 Å². The average Bonchev–Trinajstić information content (AvgIpc) is 3.15. The third-order valence-electron chi connectivity index (χ3n) is 7.16. The maximum absolute atomic E-state index is 13.5. The number of rotatable bonds is 7. The Kier molecular flexibility index (Phi) is 6.84. The van der Waals surface area contributed by atoms with Gasteiger partial charge in [-0.3, -0.25) is 14.3 Å². The lowest BCUT2D eigenvalue weighted by molar-refractivity contribution is -0.115. The predicted octanol–water partition coefficient (Wildman–Crippen LogP) is 5.09. The van der Waals surface area contributed by atoms with Gasteiger partial charge in [0.2, 0.25) is 0 Å². The number of hydrogen-bond donors (Lipinski definition) is 0. The van der Waals surface area contributed by atoms with Crippen molar-refractivity contribution >= 4 is 28.2 Å². The van der Waals surface area contributed by atoms with Gasteiger partial charge >= 0.3 is 0 Å². The number of ether oxygens (including phenoxy) is 1. The van der Waals surface area contributed by atoms with Crippen LogP contribution in [-0.2, 0) is 16.6 Å². The van der Waals surface area contributed by atoms with Crippen LogP contribution in [0.15, 0.2) is 35.1 Å². The zero-order valence-electron chi connectivity index (χ0n) is 20.5. The highest BCUT2D eigenvalue weighted by molar-refractivity contribution is 6.07. The Hall–Kier alpha value is -2.73. The molecule has 0 radical (unpaired) electrons. The van der Waals surface area contributed by atoms with Gasteiger partial charge in [0.25, 0.3) is 0 Å². The number of fused-ring (bicyclic) bond motifs is 1. The topological polar surface area (TPSA) is 64.4 Å². The number of nitrogens with zero attached hydrogens (tertiary/aromatic N) is 3. The molecule has 2 heterocycles. The molecule has 0 saturated carbocycles. The number of benzene rings is 1. The molecule has 2 aromatic rings. The summed E-state index contributed by atoms with van der Waals surface area (Å²) in [4.78, 5) is 28.5. The summed E-state index contributed by atoms with van der Waals surface area (Å²) in [7, 11) is 1.92. The van der Waals surface area contributed by atoms with Crippen LogP contribution >= 0.6 is 0 Å². The van der Waals surface area contributed by atoms with E-state index in [1.807, 2.05) is 37.8 Å². The first-order chi connectivity index (χ1) is 15.8. The average molecular weight is 450 g/mol. The molecular formula is C27H35N3O3. The van der Waals surface area contributed by atoms with Crippen LogP contribution in [0.25, 0.3) is 10.9 Å². The summed E-state index contributed by atoms with van der Waals surface area (Å²) >= 11 is 0. The molecule has 1 aromatic heterocycles. The van der Waals surface area contributed by atoms with Gasteiger partial charge in [-0.15, -0.1) is 0 Å². The van der Waals surface area contributed by atoms with Gasteiger partial charge in [-0.1, -0.05) is 11.6 Å². The van der Waals surface area contributed by atoms with Crippen LogP contribution in [0.2, 0.25) is 0 Å². The summed E-state index contributed by atoms with van der Waals surface area (Å²) in [6.07, 6.45) is 7.23. The molecule has 4 rings (SSSR count). The number of allylic oxidation sites excluding steroid dienone is 4. The minimum Gasteiger partial charge on any atom is -0.381 e. The van der Waals surface area contributed by atoms with E-state index in [2.05, 4.69) is 29.9 Å². The lowest BCUT2D eigenvalue weighted by atomic mass is 9.88. The molecule has 1 aliphatic carbocycles. The molecule has 6 nitrogen and oxygen atoms in total. The molecule has 0 bridgehead atoms. The highest BCUT2D eigenvalue weighted by atomic mass is 16.5. The minimum atomic E-state index is 0.0826. The molecule has 0 N–H and O–H groups in total. The third kappa shape index (κ3) is 4.54. The molecule has 33 heavy (non-hydrogen) atoms. The van der Waals surface area contributed by atoms with E-state index in [0.29, 0.717) is 25.3 Å². The van der Waals surface area contributed by atoms with Crippen LogP contribution in [0.4, 0.5) is 5.69 Å². The maximum Gasteiger partial charge on any atom is 0.163 e. The molecular weight excluding hydrogens is 414 g/mol. The van der Waals surface area contributed by atoms with Crippen LogP contribution in [0, 0.1) is 6.92 Å². The van der Waals surface area contributed by atoms with Crippen molar-refractivity contribution in [3.05, 3.63) is 46.2 Å². The van der Waals surface area contributed by atoms with E-state index in [1.54, 1.807) is 0 Å². The summed E-state index contributed by atoms with van der Waals surface area (Å²) in [6, 6.07) is 2.37. The first-order valence-electron chi connectivity index (χ1n) is 12.0. The molecule has 1 aromatic carbocycles. The van der Waals surface area contributed by atoms with Crippen molar-refractivity contribution in [3.63, 3.8) is 0 Å². The molecule has 0 spiro atoms. The van der Waals surface area contributed by atoms with E-state index in [4.69, 9.17) is 4.74 Å². The molecule has 1 saturated heterocycles. The Morgan fingerprint density at radius 1 is 1.24 bits per heavy atom. The number of aryl methyl sites for hydroxylation is 1. The van der Waals surface area contributed by atoms with Crippen LogP contribution in [-0.4, -0.2) is 47.1 Å². The monoisotopic (exact) mass is 449 g/mol. The van der Waals surface area contributed by atoms with E-state index >= 15 is 0 Å². The Labute approximate surface area is 196 Å². The molecule has 176 valence electrons. The van der Waals surface area contributed by atoms with Crippen molar-refractivity contribution in [2.24, 2.45) is 7.05 Å². The van der Waals surface area contributed by atoms with Gasteiger partial charge in [0.1, 0.15) is 0 Å². The zero-order valence-corrected chi connectivity index (χ0v) is 20.5. The van der Waals surface area contributed by atoms with Gasteiger partial charge in [-0.2, -0.15) is 5.10 Å². The zero-order chi connectivity index (χ0) is 23.7. The van der Waals surface area contributed by atoms with Crippen LogP contribution in [0.3, 0.4) is 0 Å². The predicted molar refractivity (Wildman–Crippen MR) is 132 cm³/mol. The smallest absolute Gasteiger partial charge is 0.163 e. The van der Waals surface area contributed by atoms with Gasteiger partial charge in [-0.25, -0.2) is 0 Å². The highest BCUT2D eigenvalue weighted by Crippen LogP contribution is 2.36. The number of carbonyl (C=O) groups is 2. The van der Waals surface area contributed by atoms with Crippen molar-refractivity contribution in [1.29, 1.82) is 0 Å². The largest absolute Gasteiger partial charge is 0.381 e. The lowest BCUT2D eigenvalue weighted by Crippen LogP contribution is -2.40. The summed E-state index contributed by atoms with van der Waals surface area (Å²) in [5, 5.41) is 5.59. The van der Waals surface area contributed by atoms with Crippen LogP contribution < -0.4 is 4.90 Å². The van der Waals surface area contributed by atoms with Gasteiger partial charge < -0.3 is 9.64 Å². The Morgan fingerprint density at radius 3 is 2.64 bits per heavy atom. The first-order valence-corrected chi connectivity index (χ1v) is 12.0. The molecule has 0 atom stereocenters. The molecule has 1 aliphatic heterocycles. The normalized spacial score (nSPS) is 17.6. The maximum atomic E-state index is 13.5. The standard InChI is InChI=1S/C27H35N3O3/c1-6-30(20-9-11-33-12-10-20)27-19(4)22(15-24-23(27)16-28-29(24)5)25(31)8-7-21-18(3)13-17(2)14-26(21)32/h13,15-16,20H,6-12,14H2,1-5H3. The SMILES string of the molecule is CCN(c1c(C)c(C(=O)CCC2=C(C)C=C(C)CC2=O)cc2c1cnn2C)C1CCOCC1. The quantitative estimate of drug-likeness (QED) is 0.551. The Balaban J connectivity index is 1.70. The fraction of sp³-hybridized carbons (Fsp3) is 0.519. The van der Waals surface area contributed by atoms with Crippen LogP contribution in [0.5, 0.6) is 0 Å². The summed E-state index contributed by atoms with van der Waals surface area (Å²) in [5.41, 5.74) is 6.69. The highest BCUT2D eigenvalue weighted by Gasteiger charge is 2.27. The van der Waals surface area contributed by atoms with Crippen molar-refractivity contribution in [1.82, 2.24) is 9.78 Å². The lowest BCUT2D eigenvalue weighted by Gasteiger charge is -2.37. The molecule has 1 fully saturated rings. The van der Waals surface area contributed by atoms with E-state index < -0.39 is 0 Å². The molecule has 0 amide bonds. The van der Waals surface area contributed by atoms with E-state index in [0.717, 1.165) is 77.0 Å². The number of aromatic nitrogens is 2. The fourth-order valence-corrected chi connectivity index (χ4v) is 5.43. The van der Waals surface area contributed by atoms with Gasteiger partial charge in [0.15, 0.2) is 11.6 Å². The number of Topliss-reactive ketones (excluding diaryl/α,β-unsaturated/α-hetero) is 2. The van der Waals surface area contributed by atoms with Gasteiger partial charge in [-0.05, 0) is 69.7 Å². The van der Waals surface area contributed by atoms with Crippen molar-refractivity contribution in [2.45, 2.75) is 65.8 Å². The van der Waals surface area contributed by atoms with E-state index in [-0.39, 0.29) is 11.6 Å².